The van der Waals surface area contributed by atoms with Gasteiger partial charge in [0.2, 0.25) is 0 Å². The molecule has 3 aromatic carbocycles. The van der Waals surface area contributed by atoms with Crippen LogP contribution in [0.25, 0.3) is 10.9 Å². The van der Waals surface area contributed by atoms with Crippen molar-refractivity contribution in [1.29, 1.82) is 0 Å². The standard InChI is InChI=1S/C27H29N3/c1-3-9-20(10-4-1)27(21-11-5-2-6-12-21)26-16-15-23(19-30-26)28-17-22-18-29-25-14-8-7-13-24(22)25/h1-14,18,23,26-30H,15-17,19H2/t23-,26-/m1/s1. The molecule has 3 nitrogen and oxygen atoms in total. The third kappa shape index (κ3) is 4.04. The molecule has 1 saturated heterocycles. The maximum Gasteiger partial charge on any atom is 0.0457 e. The van der Waals surface area contributed by atoms with Gasteiger partial charge in [-0.25, -0.2) is 0 Å². The zero-order chi connectivity index (χ0) is 20.2. The Labute approximate surface area is 178 Å². The Balaban J connectivity index is 1.25. The number of aromatic nitrogens is 1. The molecule has 1 fully saturated rings. The molecule has 2 heterocycles. The number of nitrogens with one attached hydrogen (secondary N) is 3. The number of benzene rings is 3. The van der Waals surface area contributed by atoms with E-state index in [0.717, 1.165) is 13.1 Å². The molecule has 0 aliphatic carbocycles. The monoisotopic (exact) mass is 395 g/mol. The van der Waals surface area contributed by atoms with Crippen LogP contribution in [0.15, 0.2) is 91.1 Å². The molecule has 2 atom stereocenters. The topological polar surface area (TPSA) is 39.9 Å². The summed E-state index contributed by atoms with van der Waals surface area (Å²) in [6.45, 7) is 1.91. The molecule has 0 saturated carbocycles. The van der Waals surface area contributed by atoms with Gasteiger partial charge in [-0.15, -0.1) is 0 Å². The van der Waals surface area contributed by atoms with Gasteiger partial charge in [0.05, 0.1) is 0 Å². The zero-order valence-corrected chi connectivity index (χ0v) is 17.2. The van der Waals surface area contributed by atoms with Gasteiger partial charge in [-0.1, -0.05) is 78.9 Å². The van der Waals surface area contributed by atoms with E-state index in [1.165, 1.54) is 40.4 Å². The van der Waals surface area contributed by atoms with Gasteiger partial charge in [-0.05, 0) is 35.6 Å². The Morgan fingerprint density at radius 1 is 0.800 bits per heavy atom. The van der Waals surface area contributed by atoms with E-state index >= 15 is 0 Å². The van der Waals surface area contributed by atoms with Crippen molar-refractivity contribution in [2.75, 3.05) is 6.54 Å². The van der Waals surface area contributed by atoms with Gasteiger partial charge in [-0.3, -0.25) is 0 Å². The summed E-state index contributed by atoms with van der Waals surface area (Å²) in [6.07, 6.45) is 4.49. The summed E-state index contributed by atoms with van der Waals surface area (Å²) in [4.78, 5) is 3.38. The third-order valence-corrected chi connectivity index (χ3v) is 6.43. The molecular weight excluding hydrogens is 366 g/mol. The number of fused-ring (bicyclic) bond motifs is 1. The number of hydrogen-bond donors (Lipinski definition) is 3. The number of para-hydroxylation sites is 1. The van der Waals surface area contributed by atoms with Gasteiger partial charge in [0.25, 0.3) is 0 Å². The Hall–Kier alpha value is -2.88. The maximum absolute atomic E-state index is 3.86. The highest BCUT2D eigenvalue weighted by Gasteiger charge is 2.29. The lowest BCUT2D eigenvalue weighted by atomic mass is 9.81. The van der Waals surface area contributed by atoms with Crippen LogP contribution < -0.4 is 10.6 Å². The van der Waals surface area contributed by atoms with E-state index in [4.69, 9.17) is 0 Å². The molecule has 0 amide bonds. The van der Waals surface area contributed by atoms with E-state index in [1.54, 1.807) is 0 Å². The first-order chi connectivity index (χ1) is 14.9. The summed E-state index contributed by atoms with van der Waals surface area (Å²) in [5, 5.41) is 8.96. The van der Waals surface area contributed by atoms with Gasteiger partial charge >= 0.3 is 0 Å². The average molecular weight is 396 g/mol. The first-order valence-corrected chi connectivity index (χ1v) is 11.0. The van der Waals surface area contributed by atoms with Crippen LogP contribution in [0.4, 0.5) is 0 Å². The van der Waals surface area contributed by atoms with Crippen molar-refractivity contribution in [1.82, 2.24) is 15.6 Å². The molecule has 1 aliphatic heterocycles. The van der Waals surface area contributed by atoms with Crippen molar-refractivity contribution in [2.24, 2.45) is 0 Å². The number of rotatable bonds is 6. The second kappa shape index (κ2) is 8.86. The molecule has 0 bridgehead atoms. The second-order valence-electron chi connectivity index (χ2n) is 8.33. The Kier molecular flexibility index (Phi) is 5.65. The van der Waals surface area contributed by atoms with Crippen molar-refractivity contribution in [3.63, 3.8) is 0 Å². The molecule has 152 valence electrons. The first kappa shape index (κ1) is 19.1. The van der Waals surface area contributed by atoms with Crippen molar-refractivity contribution in [3.05, 3.63) is 108 Å². The molecule has 3 heteroatoms. The number of aromatic amines is 1. The Bertz CT molecular complexity index is 1020. The lowest BCUT2D eigenvalue weighted by Crippen LogP contribution is -2.49. The van der Waals surface area contributed by atoms with E-state index in [2.05, 4.69) is 107 Å². The normalized spacial score (nSPS) is 19.4. The molecule has 3 N–H and O–H groups in total. The van der Waals surface area contributed by atoms with Crippen LogP contribution in [0.2, 0.25) is 0 Å². The summed E-state index contributed by atoms with van der Waals surface area (Å²) in [6, 6.07) is 31.4. The molecule has 30 heavy (non-hydrogen) atoms. The largest absolute Gasteiger partial charge is 0.361 e. The maximum atomic E-state index is 3.86. The minimum Gasteiger partial charge on any atom is -0.361 e. The smallest absolute Gasteiger partial charge is 0.0457 e. The molecule has 0 radical (unpaired) electrons. The molecule has 0 unspecified atom stereocenters. The van der Waals surface area contributed by atoms with E-state index in [1.807, 2.05) is 0 Å². The quantitative estimate of drug-likeness (QED) is 0.419. The van der Waals surface area contributed by atoms with Crippen molar-refractivity contribution < 1.29 is 0 Å². The van der Waals surface area contributed by atoms with Crippen molar-refractivity contribution in [2.45, 2.75) is 37.4 Å². The summed E-state index contributed by atoms with van der Waals surface area (Å²) in [7, 11) is 0. The predicted octanol–water partition coefficient (Wildman–Crippen LogP) is 5.21. The summed E-state index contributed by atoms with van der Waals surface area (Å²) in [5.74, 6) is 0.391. The third-order valence-electron chi connectivity index (χ3n) is 6.43. The van der Waals surface area contributed by atoms with Crippen LogP contribution in [-0.4, -0.2) is 23.6 Å². The van der Waals surface area contributed by atoms with Crippen LogP contribution in [0.5, 0.6) is 0 Å². The highest BCUT2D eigenvalue weighted by Crippen LogP contribution is 2.32. The molecule has 1 aromatic heterocycles. The fourth-order valence-electron chi connectivity index (χ4n) is 4.85. The van der Waals surface area contributed by atoms with Gasteiger partial charge in [0, 0.05) is 48.2 Å². The zero-order valence-electron chi connectivity index (χ0n) is 17.2. The van der Waals surface area contributed by atoms with Crippen molar-refractivity contribution >= 4 is 10.9 Å². The van der Waals surface area contributed by atoms with Crippen LogP contribution >= 0.6 is 0 Å². The molecule has 5 rings (SSSR count). The predicted molar refractivity (Wildman–Crippen MR) is 125 cm³/mol. The minimum absolute atomic E-state index is 0.391. The SMILES string of the molecule is c1ccc(C(c2ccccc2)[C@H]2CC[C@@H](NCc3c[nH]c4ccccc34)CN2)cc1. The highest BCUT2D eigenvalue weighted by atomic mass is 15.0. The number of hydrogen-bond acceptors (Lipinski definition) is 2. The minimum atomic E-state index is 0.391. The van der Waals surface area contributed by atoms with Crippen LogP contribution in [0.1, 0.15) is 35.4 Å². The van der Waals surface area contributed by atoms with E-state index in [0.29, 0.717) is 18.0 Å². The Morgan fingerprint density at radius 2 is 1.47 bits per heavy atom. The summed E-state index contributed by atoms with van der Waals surface area (Å²) >= 11 is 0. The lowest BCUT2D eigenvalue weighted by molar-refractivity contribution is 0.307. The van der Waals surface area contributed by atoms with E-state index in [-0.39, 0.29) is 0 Å². The summed E-state index contributed by atoms with van der Waals surface area (Å²) < 4.78 is 0. The fourth-order valence-corrected chi connectivity index (χ4v) is 4.85. The number of piperidine rings is 1. The van der Waals surface area contributed by atoms with Crippen molar-refractivity contribution in [3.8, 4) is 0 Å². The molecule has 4 aromatic rings. The molecule has 1 aliphatic rings. The first-order valence-electron chi connectivity index (χ1n) is 11.0. The van der Waals surface area contributed by atoms with Crippen LogP contribution in [0, 0.1) is 0 Å². The van der Waals surface area contributed by atoms with E-state index < -0.39 is 0 Å². The average Bonchev–Trinajstić information content (AvgIpc) is 3.23. The van der Waals surface area contributed by atoms with Gasteiger partial charge < -0.3 is 15.6 Å². The second-order valence-corrected chi connectivity index (χ2v) is 8.33. The summed E-state index contributed by atoms with van der Waals surface area (Å²) in [5.41, 5.74) is 5.35. The van der Waals surface area contributed by atoms with Gasteiger partial charge in [0.15, 0.2) is 0 Å². The van der Waals surface area contributed by atoms with E-state index in [9.17, 15) is 0 Å². The van der Waals surface area contributed by atoms with Crippen LogP contribution in [-0.2, 0) is 6.54 Å². The molecule has 0 spiro atoms. The number of H-pyrrole nitrogens is 1. The Morgan fingerprint density at radius 3 is 2.13 bits per heavy atom. The molecular formula is C27H29N3. The fraction of sp³-hybridized carbons (Fsp3) is 0.259. The lowest BCUT2D eigenvalue weighted by Gasteiger charge is -2.36. The van der Waals surface area contributed by atoms with Gasteiger partial charge in [-0.2, -0.15) is 0 Å². The van der Waals surface area contributed by atoms with Gasteiger partial charge in [0.1, 0.15) is 0 Å². The highest BCUT2D eigenvalue weighted by molar-refractivity contribution is 5.82. The van der Waals surface area contributed by atoms with Crippen LogP contribution in [0.3, 0.4) is 0 Å².